The lowest BCUT2D eigenvalue weighted by Crippen LogP contribution is -2.48. The maximum Gasteiger partial charge on any atom is 0.254 e. The first kappa shape index (κ1) is 21.6. The predicted octanol–water partition coefficient (Wildman–Crippen LogP) is 3.59. The van der Waals surface area contributed by atoms with Crippen LogP contribution < -0.4 is 10.1 Å². The number of amides is 1. The first-order valence-corrected chi connectivity index (χ1v) is 9.82. The van der Waals surface area contributed by atoms with E-state index in [0.29, 0.717) is 37.6 Å². The lowest BCUT2D eigenvalue weighted by molar-refractivity contribution is 0.0630. The Balaban J connectivity index is 0.00000240. The van der Waals surface area contributed by atoms with Crippen LogP contribution in [0, 0.1) is 5.82 Å². The minimum atomic E-state index is -0.292. The summed E-state index contributed by atoms with van der Waals surface area (Å²) < 4.78 is 25.1. The number of carbonyl (C=O) groups excluding carboxylic acids is 1. The van der Waals surface area contributed by atoms with E-state index in [1.807, 2.05) is 23.1 Å². The van der Waals surface area contributed by atoms with Crippen molar-refractivity contribution < 1.29 is 18.7 Å². The molecular weight excluding hydrogens is 395 g/mol. The second kappa shape index (κ2) is 10.1. The zero-order chi connectivity index (χ0) is 19.3. The van der Waals surface area contributed by atoms with Crippen molar-refractivity contribution in [3.8, 4) is 5.75 Å². The monoisotopic (exact) mass is 420 g/mol. The number of ether oxygens (including phenoxy) is 2. The summed E-state index contributed by atoms with van der Waals surface area (Å²) in [5, 5.41) is 3.30. The molecule has 7 heteroatoms. The van der Waals surface area contributed by atoms with E-state index < -0.39 is 0 Å². The zero-order valence-corrected chi connectivity index (χ0v) is 17.0. The third-order valence-electron chi connectivity index (χ3n) is 5.28. The molecule has 0 aromatic heterocycles. The lowest BCUT2D eigenvalue weighted by atomic mass is 10.0. The summed E-state index contributed by atoms with van der Waals surface area (Å²) in [5.74, 6) is 0.303. The molecule has 2 atom stereocenters. The highest BCUT2D eigenvalue weighted by Gasteiger charge is 2.29. The second-order valence-electron chi connectivity index (χ2n) is 7.25. The van der Waals surface area contributed by atoms with Crippen molar-refractivity contribution in [2.24, 2.45) is 0 Å². The van der Waals surface area contributed by atoms with E-state index in [-0.39, 0.29) is 36.3 Å². The van der Waals surface area contributed by atoms with Crippen LogP contribution in [-0.4, -0.2) is 49.8 Å². The molecule has 0 saturated carbocycles. The first-order chi connectivity index (χ1) is 13.7. The molecule has 2 heterocycles. The Kier molecular flexibility index (Phi) is 7.47. The van der Waals surface area contributed by atoms with Crippen LogP contribution >= 0.6 is 12.4 Å². The van der Waals surface area contributed by atoms with Gasteiger partial charge in [0.2, 0.25) is 0 Å². The first-order valence-electron chi connectivity index (χ1n) is 9.82. The second-order valence-corrected chi connectivity index (χ2v) is 7.25. The van der Waals surface area contributed by atoms with Crippen molar-refractivity contribution in [3.63, 3.8) is 0 Å². The number of benzene rings is 2. The predicted molar refractivity (Wildman–Crippen MR) is 111 cm³/mol. The minimum absolute atomic E-state index is 0. The molecule has 2 aromatic carbocycles. The number of halogens is 2. The molecule has 2 aliphatic rings. The molecule has 2 unspecified atom stereocenters. The number of hydrogen-bond donors (Lipinski definition) is 1. The molecule has 4 rings (SSSR count). The van der Waals surface area contributed by atoms with Gasteiger partial charge in [-0.2, -0.15) is 0 Å². The quantitative estimate of drug-likeness (QED) is 0.803. The number of hydrogen-bond acceptors (Lipinski definition) is 4. The van der Waals surface area contributed by atoms with Crippen molar-refractivity contribution in [2.45, 2.75) is 25.0 Å². The van der Waals surface area contributed by atoms with Crippen LogP contribution in [0.4, 0.5) is 4.39 Å². The molecule has 0 spiro atoms. The van der Waals surface area contributed by atoms with Gasteiger partial charge >= 0.3 is 0 Å². The highest BCUT2D eigenvalue weighted by molar-refractivity contribution is 5.95. The van der Waals surface area contributed by atoms with Crippen LogP contribution in [0.15, 0.2) is 48.5 Å². The fourth-order valence-electron chi connectivity index (χ4n) is 3.81. The van der Waals surface area contributed by atoms with E-state index >= 15 is 0 Å². The minimum Gasteiger partial charge on any atom is -0.491 e. The van der Waals surface area contributed by atoms with Gasteiger partial charge in [0.25, 0.3) is 5.91 Å². The SMILES string of the molecule is Cl.O=C(c1cccc(OCC2CCCO2)c1)N1CCNCC1c1cccc(F)c1. The number of carbonyl (C=O) groups is 1. The topological polar surface area (TPSA) is 50.8 Å². The molecule has 0 radical (unpaired) electrons. The van der Waals surface area contributed by atoms with Gasteiger partial charge in [0.05, 0.1) is 12.1 Å². The molecule has 5 nitrogen and oxygen atoms in total. The summed E-state index contributed by atoms with van der Waals surface area (Å²) in [6.45, 7) is 3.17. The lowest BCUT2D eigenvalue weighted by Gasteiger charge is -2.36. The number of nitrogens with zero attached hydrogens (tertiary/aromatic N) is 1. The summed E-state index contributed by atoms with van der Waals surface area (Å²) in [5.41, 5.74) is 1.37. The van der Waals surface area contributed by atoms with Gasteiger partial charge in [-0.05, 0) is 48.7 Å². The molecule has 0 aliphatic carbocycles. The molecule has 29 heavy (non-hydrogen) atoms. The van der Waals surface area contributed by atoms with Crippen molar-refractivity contribution in [3.05, 3.63) is 65.5 Å². The van der Waals surface area contributed by atoms with Gasteiger partial charge in [0.15, 0.2) is 0 Å². The van der Waals surface area contributed by atoms with Gasteiger partial charge < -0.3 is 19.7 Å². The molecule has 2 saturated heterocycles. The van der Waals surface area contributed by atoms with E-state index in [9.17, 15) is 9.18 Å². The van der Waals surface area contributed by atoms with Gasteiger partial charge in [-0.15, -0.1) is 12.4 Å². The Morgan fingerprint density at radius 2 is 2.10 bits per heavy atom. The molecule has 2 aromatic rings. The normalized spacial score (nSPS) is 21.5. The Hall–Kier alpha value is -2.15. The van der Waals surface area contributed by atoms with Gasteiger partial charge in [0, 0.05) is 31.8 Å². The number of nitrogens with one attached hydrogen (secondary N) is 1. The Morgan fingerprint density at radius 3 is 2.90 bits per heavy atom. The van der Waals surface area contributed by atoms with E-state index in [1.165, 1.54) is 12.1 Å². The molecule has 2 aliphatic heterocycles. The maximum absolute atomic E-state index is 13.7. The van der Waals surface area contributed by atoms with Crippen LogP contribution in [0.3, 0.4) is 0 Å². The number of rotatable bonds is 5. The summed E-state index contributed by atoms with van der Waals surface area (Å²) in [7, 11) is 0. The van der Waals surface area contributed by atoms with Crippen LogP contribution in [0.25, 0.3) is 0 Å². The average Bonchev–Trinajstić information content (AvgIpc) is 3.26. The van der Waals surface area contributed by atoms with Crippen LogP contribution in [0.1, 0.15) is 34.8 Å². The summed E-state index contributed by atoms with van der Waals surface area (Å²) in [4.78, 5) is 15.0. The van der Waals surface area contributed by atoms with Gasteiger partial charge in [-0.3, -0.25) is 4.79 Å². The van der Waals surface area contributed by atoms with Gasteiger partial charge in [0.1, 0.15) is 18.2 Å². The molecule has 1 N–H and O–H groups in total. The number of piperazine rings is 1. The van der Waals surface area contributed by atoms with Gasteiger partial charge in [-0.25, -0.2) is 4.39 Å². The fourth-order valence-corrected chi connectivity index (χ4v) is 3.81. The zero-order valence-electron chi connectivity index (χ0n) is 16.2. The standard InChI is InChI=1S/C22H25FN2O3.ClH/c23-18-6-1-4-16(12-18)21-14-24-9-10-25(21)22(26)17-5-2-7-19(13-17)28-15-20-8-3-11-27-20;/h1-2,4-7,12-13,20-21,24H,3,8-11,14-15H2;1H. The average molecular weight is 421 g/mol. The van der Waals surface area contributed by atoms with Crippen molar-refractivity contribution in [1.29, 1.82) is 0 Å². The van der Waals surface area contributed by atoms with E-state index in [2.05, 4.69) is 5.32 Å². The molecule has 2 fully saturated rings. The fraction of sp³-hybridized carbons (Fsp3) is 0.409. The molecular formula is C22H26ClFN2O3. The third kappa shape index (κ3) is 5.26. The maximum atomic E-state index is 13.7. The molecule has 0 bridgehead atoms. The Morgan fingerprint density at radius 1 is 1.24 bits per heavy atom. The van der Waals surface area contributed by atoms with E-state index in [1.54, 1.807) is 18.2 Å². The van der Waals surface area contributed by atoms with E-state index in [4.69, 9.17) is 9.47 Å². The van der Waals surface area contributed by atoms with Crippen molar-refractivity contribution in [2.75, 3.05) is 32.8 Å². The summed E-state index contributed by atoms with van der Waals surface area (Å²) >= 11 is 0. The van der Waals surface area contributed by atoms with Crippen LogP contribution in [0.2, 0.25) is 0 Å². The highest BCUT2D eigenvalue weighted by Crippen LogP contribution is 2.26. The molecule has 1 amide bonds. The summed E-state index contributed by atoms with van der Waals surface area (Å²) in [6, 6.07) is 13.5. The van der Waals surface area contributed by atoms with Crippen LogP contribution in [-0.2, 0) is 4.74 Å². The Labute approximate surface area is 176 Å². The Bertz CT molecular complexity index is 829. The van der Waals surface area contributed by atoms with E-state index in [0.717, 1.165) is 25.0 Å². The summed E-state index contributed by atoms with van der Waals surface area (Å²) in [6.07, 6.45) is 2.20. The largest absolute Gasteiger partial charge is 0.491 e. The van der Waals surface area contributed by atoms with Crippen molar-refractivity contribution >= 4 is 18.3 Å². The van der Waals surface area contributed by atoms with Crippen molar-refractivity contribution in [1.82, 2.24) is 10.2 Å². The third-order valence-corrected chi connectivity index (χ3v) is 5.28. The smallest absolute Gasteiger partial charge is 0.254 e. The van der Waals surface area contributed by atoms with Gasteiger partial charge in [-0.1, -0.05) is 18.2 Å². The van der Waals surface area contributed by atoms with Crippen LogP contribution in [0.5, 0.6) is 5.75 Å². The molecule has 156 valence electrons. The highest BCUT2D eigenvalue weighted by atomic mass is 35.5.